The lowest BCUT2D eigenvalue weighted by Crippen LogP contribution is -2.60. The lowest BCUT2D eigenvalue weighted by molar-refractivity contribution is 0.0396. The summed E-state index contributed by atoms with van der Waals surface area (Å²) in [6.07, 6.45) is 2.40. The molecule has 0 saturated carbocycles. The molecule has 1 saturated heterocycles. The van der Waals surface area contributed by atoms with Gasteiger partial charge in [-0.05, 0) is 51.2 Å². The standard InChI is InChI=1S/C15H24ClN3/c1-18-9-3-8-15(11-17,12-18)19(2)10-13-4-6-14(16)7-5-13/h4-7H,3,8-12,17H2,1-2H3. The lowest BCUT2D eigenvalue weighted by atomic mass is 9.87. The van der Waals surface area contributed by atoms with Crippen molar-refractivity contribution in [3.8, 4) is 0 Å². The molecule has 0 amide bonds. The van der Waals surface area contributed by atoms with Crippen LogP contribution in [-0.2, 0) is 6.54 Å². The molecule has 1 atom stereocenters. The fraction of sp³-hybridized carbons (Fsp3) is 0.600. The van der Waals surface area contributed by atoms with Crippen molar-refractivity contribution in [1.82, 2.24) is 9.80 Å². The predicted molar refractivity (Wildman–Crippen MR) is 81.4 cm³/mol. The fourth-order valence-corrected chi connectivity index (χ4v) is 3.13. The van der Waals surface area contributed by atoms with Gasteiger partial charge in [-0.2, -0.15) is 0 Å². The second-order valence-corrected chi connectivity index (χ2v) is 6.19. The van der Waals surface area contributed by atoms with E-state index in [-0.39, 0.29) is 5.54 Å². The summed E-state index contributed by atoms with van der Waals surface area (Å²) in [6, 6.07) is 8.09. The highest BCUT2D eigenvalue weighted by atomic mass is 35.5. The van der Waals surface area contributed by atoms with Crippen LogP contribution >= 0.6 is 11.6 Å². The van der Waals surface area contributed by atoms with Gasteiger partial charge in [-0.15, -0.1) is 0 Å². The fourth-order valence-electron chi connectivity index (χ4n) is 3.00. The van der Waals surface area contributed by atoms with E-state index in [1.54, 1.807) is 0 Å². The maximum Gasteiger partial charge on any atom is 0.0459 e. The van der Waals surface area contributed by atoms with Crippen molar-refractivity contribution in [3.05, 3.63) is 34.9 Å². The zero-order chi connectivity index (χ0) is 13.9. The average Bonchev–Trinajstić information content (AvgIpc) is 2.41. The second-order valence-electron chi connectivity index (χ2n) is 5.75. The number of nitrogens with zero attached hydrogens (tertiary/aromatic N) is 2. The molecular weight excluding hydrogens is 258 g/mol. The van der Waals surface area contributed by atoms with E-state index in [4.69, 9.17) is 17.3 Å². The van der Waals surface area contributed by atoms with Gasteiger partial charge >= 0.3 is 0 Å². The SMILES string of the molecule is CN1CCCC(CN)(N(C)Cc2ccc(Cl)cc2)C1. The quantitative estimate of drug-likeness (QED) is 0.918. The molecule has 0 radical (unpaired) electrons. The molecule has 1 fully saturated rings. The molecule has 2 rings (SSSR count). The third-order valence-corrected chi connectivity index (χ3v) is 4.52. The molecule has 3 nitrogen and oxygen atoms in total. The Balaban J connectivity index is 2.08. The van der Waals surface area contributed by atoms with E-state index in [1.807, 2.05) is 12.1 Å². The Morgan fingerprint density at radius 1 is 1.37 bits per heavy atom. The first kappa shape index (κ1) is 14.8. The van der Waals surface area contributed by atoms with Crippen molar-refractivity contribution in [2.24, 2.45) is 5.73 Å². The first-order valence-corrected chi connectivity index (χ1v) is 7.28. The molecule has 0 aliphatic carbocycles. The molecule has 1 heterocycles. The van der Waals surface area contributed by atoms with Crippen LogP contribution in [0, 0.1) is 0 Å². The van der Waals surface area contributed by atoms with Crippen LogP contribution in [0.2, 0.25) is 5.02 Å². The summed E-state index contributed by atoms with van der Waals surface area (Å²) < 4.78 is 0. The third-order valence-electron chi connectivity index (χ3n) is 4.27. The predicted octanol–water partition coefficient (Wildman–Crippen LogP) is 2.19. The molecule has 106 valence electrons. The number of hydrogen-bond acceptors (Lipinski definition) is 3. The van der Waals surface area contributed by atoms with Crippen molar-refractivity contribution >= 4 is 11.6 Å². The highest BCUT2D eigenvalue weighted by molar-refractivity contribution is 6.30. The Hall–Kier alpha value is -0.610. The van der Waals surface area contributed by atoms with Gasteiger partial charge in [-0.3, -0.25) is 4.90 Å². The maximum absolute atomic E-state index is 6.09. The highest BCUT2D eigenvalue weighted by Crippen LogP contribution is 2.26. The minimum absolute atomic E-state index is 0.104. The first-order chi connectivity index (χ1) is 9.05. The van der Waals surface area contributed by atoms with Crippen LogP contribution in [0.4, 0.5) is 0 Å². The summed E-state index contributed by atoms with van der Waals surface area (Å²) in [6.45, 7) is 3.85. The van der Waals surface area contributed by atoms with Gasteiger partial charge in [0.05, 0.1) is 0 Å². The zero-order valence-electron chi connectivity index (χ0n) is 11.9. The van der Waals surface area contributed by atoms with Crippen LogP contribution < -0.4 is 5.73 Å². The minimum Gasteiger partial charge on any atom is -0.329 e. The normalized spacial score (nSPS) is 24.9. The van der Waals surface area contributed by atoms with E-state index >= 15 is 0 Å². The summed E-state index contributed by atoms with van der Waals surface area (Å²) in [4.78, 5) is 4.79. The molecule has 1 aliphatic rings. The molecule has 0 aromatic heterocycles. The summed E-state index contributed by atoms with van der Waals surface area (Å²) in [5.41, 5.74) is 7.48. The Kier molecular flexibility index (Phi) is 4.85. The van der Waals surface area contributed by atoms with E-state index in [0.717, 1.165) is 18.1 Å². The molecule has 0 bridgehead atoms. The Labute approximate surface area is 121 Å². The lowest BCUT2D eigenvalue weighted by Gasteiger charge is -2.47. The number of nitrogens with two attached hydrogens (primary N) is 1. The van der Waals surface area contributed by atoms with Crippen molar-refractivity contribution in [1.29, 1.82) is 0 Å². The average molecular weight is 282 g/mol. The monoisotopic (exact) mass is 281 g/mol. The van der Waals surface area contributed by atoms with Crippen LogP contribution in [0.3, 0.4) is 0 Å². The van der Waals surface area contributed by atoms with Crippen LogP contribution in [-0.4, -0.2) is 49.1 Å². The topological polar surface area (TPSA) is 32.5 Å². The summed E-state index contributed by atoms with van der Waals surface area (Å²) in [7, 11) is 4.36. The van der Waals surface area contributed by atoms with Crippen LogP contribution in [0.15, 0.2) is 24.3 Å². The number of halogens is 1. The Morgan fingerprint density at radius 2 is 2.05 bits per heavy atom. The van der Waals surface area contributed by atoms with Gasteiger partial charge in [-0.1, -0.05) is 23.7 Å². The molecule has 1 aliphatic heterocycles. The summed E-state index contributed by atoms with van der Waals surface area (Å²) >= 11 is 5.93. The van der Waals surface area contributed by atoms with E-state index in [9.17, 15) is 0 Å². The Morgan fingerprint density at radius 3 is 2.63 bits per heavy atom. The molecular formula is C15H24ClN3. The van der Waals surface area contributed by atoms with Crippen molar-refractivity contribution in [2.45, 2.75) is 24.9 Å². The van der Waals surface area contributed by atoms with Gasteiger partial charge in [0.15, 0.2) is 0 Å². The largest absolute Gasteiger partial charge is 0.329 e. The summed E-state index contributed by atoms with van der Waals surface area (Å²) in [5.74, 6) is 0. The minimum atomic E-state index is 0.104. The molecule has 1 aromatic rings. The van der Waals surface area contributed by atoms with E-state index in [2.05, 4.69) is 36.0 Å². The van der Waals surface area contributed by atoms with Gasteiger partial charge in [-0.25, -0.2) is 0 Å². The van der Waals surface area contributed by atoms with Gasteiger partial charge < -0.3 is 10.6 Å². The Bertz CT molecular complexity index is 406. The molecule has 0 spiro atoms. The number of hydrogen-bond donors (Lipinski definition) is 1. The first-order valence-electron chi connectivity index (χ1n) is 6.90. The highest BCUT2D eigenvalue weighted by Gasteiger charge is 2.36. The number of benzene rings is 1. The smallest absolute Gasteiger partial charge is 0.0459 e. The van der Waals surface area contributed by atoms with Gasteiger partial charge in [0.25, 0.3) is 0 Å². The van der Waals surface area contributed by atoms with Crippen molar-refractivity contribution in [2.75, 3.05) is 33.7 Å². The van der Waals surface area contributed by atoms with Crippen molar-refractivity contribution in [3.63, 3.8) is 0 Å². The third kappa shape index (κ3) is 3.48. The zero-order valence-corrected chi connectivity index (χ0v) is 12.7. The van der Waals surface area contributed by atoms with Gasteiger partial charge in [0, 0.05) is 30.2 Å². The molecule has 1 aromatic carbocycles. The maximum atomic E-state index is 6.09. The number of likely N-dealkylation sites (tertiary alicyclic amines) is 1. The molecule has 2 N–H and O–H groups in total. The van der Waals surface area contributed by atoms with E-state index < -0.39 is 0 Å². The number of piperidine rings is 1. The van der Waals surface area contributed by atoms with Crippen LogP contribution in [0.1, 0.15) is 18.4 Å². The van der Waals surface area contributed by atoms with Crippen LogP contribution in [0.5, 0.6) is 0 Å². The van der Waals surface area contributed by atoms with Crippen LogP contribution in [0.25, 0.3) is 0 Å². The molecule has 4 heteroatoms. The van der Waals surface area contributed by atoms with E-state index in [0.29, 0.717) is 6.54 Å². The van der Waals surface area contributed by atoms with E-state index in [1.165, 1.54) is 24.9 Å². The summed E-state index contributed by atoms with van der Waals surface area (Å²) in [5, 5.41) is 0.789. The second kappa shape index (κ2) is 6.23. The van der Waals surface area contributed by atoms with Crippen molar-refractivity contribution < 1.29 is 0 Å². The van der Waals surface area contributed by atoms with Gasteiger partial charge in [0.1, 0.15) is 0 Å². The number of likely N-dealkylation sites (N-methyl/N-ethyl adjacent to an activating group) is 2. The number of rotatable bonds is 4. The van der Waals surface area contributed by atoms with Gasteiger partial charge in [0.2, 0.25) is 0 Å². The molecule has 1 unspecified atom stereocenters. The molecule has 19 heavy (non-hydrogen) atoms.